The largest absolute Gasteiger partial charge is 0.478 e. The van der Waals surface area contributed by atoms with Crippen LogP contribution in [0.4, 0.5) is 0 Å². The van der Waals surface area contributed by atoms with Gasteiger partial charge < -0.3 is 10.4 Å². The van der Waals surface area contributed by atoms with E-state index < -0.39 is 5.97 Å². The van der Waals surface area contributed by atoms with Crippen molar-refractivity contribution in [1.82, 2.24) is 10.2 Å². The van der Waals surface area contributed by atoms with Gasteiger partial charge in [0.15, 0.2) is 0 Å². The van der Waals surface area contributed by atoms with Gasteiger partial charge in [0.1, 0.15) is 0 Å². The van der Waals surface area contributed by atoms with Crippen molar-refractivity contribution in [2.45, 2.75) is 26.1 Å². The third-order valence-electron chi connectivity index (χ3n) is 4.00. The van der Waals surface area contributed by atoms with Crippen molar-refractivity contribution in [2.24, 2.45) is 0 Å². The first kappa shape index (κ1) is 17.2. The molecule has 23 heavy (non-hydrogen) atoms. The Balaban J connectivity index is 1.75. The minimum absolute atomic E-state index is 0.324. The second kappa shape index (κ2) is 8.46. The lowest BCUT2D eigenvalue weighted by Crippen LogP contribution is -2.37. The van der Waals surface area contributed by atoms with Gasteiger partial charge in [0.05, 0.1) is 5.56 Å². The Morgan fingerprint density at radius 3 is 2.35 bits per heavy atom. The molecule has 4 heteroatoms. The van der Waals surface area contributed by atoms with Crippen LogP contribution >= 0.6 is 0 Å². The van der Waals surface area contributed by atoms with Crippen LogP contribution in [0.25, 0.3) is 0 Å². The molecule has 2 aromatic rings. The van der Waals surface area contributed by atoms with Crippen molar-refractivity contribution >= 4 is 5.97 Å². The summed E-state index contributed by atoms with van der Waals surface area (Å²) in [6.07, 6.45) is 0. The van der Waals surface area contributed by atoms with Crippen molar-refractivity contribution < 1.29 is 9.90 Å². The monoisotopic (exact) mass is 312 g/mol. The Morgan fingerprint density at radius 1 is 1.09 bits per heavy atom. The molecular weight excluding hydrogens is 288 g/mol. The average Bonchev–Trinajstić information content (AvgIpc) is 2.56. The summed E-state index contributed by atoms with van der Waals surface area (Å²) in [6.45, 7) is 4.74. The average molecular weight is 312 g/mol. The fourth-order valence-electron chi connectivity index (χ4n) is 2.37. The summed E-state index contributed by atoms with van der Waals surface area (Å²) in [5.41, 5.74) is 2.73. The first-order chi connectivity index (χ1) is 11.1. The molecule has 2 rings (SSSR count). The highest BCUT2D eigenvalue weighted by atomic mass is 16.4. The number of likely N-dealkylation sites (N-methyl/N-ethyl adjacent to an activating group) is 1. The molecule has 2 N–H and O–H groups in total. The lowest BCUT2D eigenvalue weighted by atomic mass is 10.1. The van der Waals surface area contributed by atoms with E-state index in [-0.39, 0.29) is 0 Å². The first-order valence-corrected chi connectivity index (χ1v) is 7.83. The maximum Gasteiger partial charge on any atom is 0.335 e. The molecule has 0 fully saturated rings. The van der Waals surface area contributed by atoms with Crippen LogP contribution in [0.3, 0.4) is 0 Å². The number of hydrogen-bond donors (Lipinski definition) is 2. The van der Waals surface area contributed by atoms with Crippen LogP contribution in [-0.4, -0.2) is 35.6 Å². The third kappa shape index (κ3) is 5.51. The summed E-state index contributed by atoms with van der Waals surface area (Å²) >= 11 is 0. The highest BCUT2D eigenvalue weighted by Gasteiger charge is 2.09. The van der Waals surface area contributed by atoms with Gasteiger partial charge in [-0.05, 0) is 37.2 Å². The number of carbonyl (C=O) groups is 1. The van der Waals surface area contributed by atoms with E-state index in [2.05, 4.69) is 48.5 Å². The molecule has 0 saturated heterocycles. The van der Waals surface area contributed by atoms with E-state index in [0.29, 0.717) is 11.6 Å². The van der Waals surface area contributed by atoms with Crippen LogP contribution in [0.2, 0.25) is 0 Å². The number of benzene rings is 2. The maximum absolute atomic E-state index is 10.8. The molecule has 122 valence electrons. The molecule has 0 amide bonds. The molecule has 0 heterocycles. The van der Waals surface area contributed by atoms with Gasteiger partial charge in [0.25, 0.3) is 0 Å². The maximum atomic E-state index is 10.8. The quantitative estimate of drug-likeness (QED) is 0.787. The molecule has 0 radical (unpaired) electrons. The fourth-order valence-corrected chi connectivity index (χ4v) is 2.37. The van der Waals surface area contributed by atoms with Gasteiger partial charge in [-0.15, -0.1) is 0 Å². The van der Waals surface area contributed by atoms with Gasteiger partial charge in [0, 0.05) is 25.7 Å². The van der Waals surface area contributed by atoms with E-state index in [1.165, 1.54) is 5.56 Å². The molecule has 2 aromatic carbocycles. The Morgan fingerprint density at radius 2 is 1.74 bits per heavy atom. The van der Waals surface area contributed by atoms with Gasteiger partial charge in [0.2, 0.25) is 0 Å². The SMILES string of the molecule is CC(CNCc1ccc(C(=O)O)cc1)N(C)Cc1ccccc1. The first-order valence-electron chi connectivity index (χ1n) is 7.83. The Kier molecular flexibility index (Phi) is 6.32. The molecule has 0 aliphatic carbocycles. The molecule has 1 atom stereocenters. The van der Waals surface area contributed by atoms with Crippen molar-refractivity contribution in [1.29, 1.82) is 0 Å². The van der Waals surface area contributed by atoms with E-state index in [4.69, 9.17) is 5.11 Å². The van der Waals surface area contributed by atoms with Crippen molar-refractivity contribution in [3.8, 4) is 0 Å². The van der Waals surface area contributed by atoms with Crippen LogP contribution in [0.1, 0.15) is 28.4 Å². The number of aromatic carboxylic acids is 1. The summed E-state index contributed by atoms with van der Waals surface area (Å²) in [5, 5.41) is 12.3. The van der Waals surface area contributed by atoms with Crippen LogP contribution in [-0.2, 0) is 13.1 Å². The molecule has 4 nitrogen and oxygen atoms in total. The van der Waals surface area contributed by atoms with Crippen LogP contribution in [0.5, 0.6) is 0 Å². The Hall–Kier alpha value is -2.17. The van der Waals surface area contributed by atoms with Gasteiger partial charge in [-0.2, -0.15) is 0 Å². The molecular formula is C19H24N2O2. The zero-order valence-electron chi connectivity index (χ0n) is 13.7. The lowest BCUT2D eigenvalue weighted by molar-refractivity contribution is 0.0697. The zero-order chi connectivity index (χ0) is 16.7. The van der Waals surface area contributed by atoms with Crippen LogP contribution < -0.4 is 5.32 Å². The minimum Gasteiger partial charge on any atom is -0.478 e. The Labute approximate surface area is 137 Å². The zero-order valence-corrected chi connectivity index (χ0v) is 13.7. The second-order valence-electron chi connectivity index (χ2n) is 5.88. The smallest absolute Gasteiger partial charge is 0.335 e. The van der Waals surface area contributed by atoms with E-state index in [9.17, 15) is 4.79 Å². The summed E-state index contributed by atoms with van der Waals surface area (Å²) < 4.78 is 0. The van der Waals surface area contributed by atoms with Crippen molar-refractivity contribution in [3.05, 3.63) is 71.3 Å². The summed E-state index contributed by atoms with van der Waals surface area (Å²) in [4.78, 5) is 13.1. The predicted molar refractivity (Wildman–Crippen MR) is 92.5 cm³/mol. The van der Waals surface area contributed by atoms with Crippen molar-refractivity contribution in [2.75, 3.05) is 13.6 Å². The van der Waals surface area contributed by atoms with Crippen molar-refractivity contribution in [3.63, 3.8) is 0 Å². The van der Waals surface area contributed by atoms with E-state index in [1.807, 2.05) is 18.2 Å². The van der Waals surface area contributed by atoms with Crippen LogP contribution in [0, 0.1) is 0 Å². The normalized spacial score (nSPS) is 12.3. The number of rotatable bonds is 8. The van der Waals surface area contributed by atoms with Gasteiger partial charge in [-0.3, -0.25) is 4.90 Å². The highest BCUT2D eigenvalue weighted by molar-refractivity contribution is 5.87. The molecule has 0 aliphatic heterocycles. The summed E-state index contributed by atoms with van der Waals surface area (Å²) in [5.74, 6) is -0.888. The number of hydrogen-bond acceptors (Lipinski definition) is 3. The molecule has 0 aromatic heterocycles. The molecule has 0 saturated carbocycles. The third-order valence-corrected chi connectivity index (χ3v) is 4.00. The van der Waals surface area contributed by atoms with E-state index >= 15 is 0 Å². The topological polar surface area (TPSA) is 52.6 Å². The number of carboxylic acids is 1. The van der Waals surface area contributed by atoms with Gasteiger partial charge >= 0.3 is 5.97 Å². The number of nitrogens with one attached hydrogen (secondary N) is 1. The minimum atomic E-state index is -0.888. The van der Waals surface area contributed by atoms with E-state index in [1.54, 1.807) is 12.1 Å². The fraction of sp³-hybridized carbons (Fsp3) is 0.316. The molecule has 0 spiro atoms. The summed E-state index contributed by atoms with van der Waals surface area (Å²) in [7, 11) is 2.13. The standard InChI is InChI=1S/C19H24N2O2/c1-15(21(2)14-17-6-4-3-5-7-17)12-20-13-16-8-10-18(11-9-16)19(22)23/h3-11,15,20H,12-14H2,1-2H3,(H,22,23). The highest BCUT2D eigenvalue weighted by Crippen LogP contribution is 2.07. The van der Waals surface area contributed by atoms with Gasteiger partial charge in [-0.25, -0.2) is 4.79 Å². The predicted octanol–water partition coefficient (Wildman–Crippen LogP) is 2.99. The lowest BCUT2D eigenvalue weighted by Gasteiger charge is -2.25. The number of carboxylic acid groups (broad SMARTS) is 1. The molecule has 0 aliphatic rings. The number of nitrogens with zero attached hydrogens (tertiary/aromatic N) is 1. The molecule has 0 bridgehead atoms. The molecule has 1 unspecified atom stereocenters. The Bertz CT molecular complexity index is 611. The summed E-state index contributed by atoms with van der Waals surface area (Å²) in [6, 6.07) is 17.8. The second-order valence-corrected chi connectivity index (χ2v) is 5.88. The van der Waals surface area contributed by atoms with Gasteiger partial charge in [-0.1, -0.05) is 42.5 Å². The van der Waals surface area contributed by atoms with E-state index in [0.717, 1.165) is 25.2 Å². The van der Waals surface area contributed by atoms with Crippen LogP contribution in [0.15, 0.2) is 54.6 Å².